The number of hydrogen-bond acceptors (Lipinski definition) is 9. The van der Waals surface area contributed by atoms with E-state index in [1.807, 2.05) is 6.07 Å². The zero-order valence-corrected chi connectivity index (χ0v) is 16.2. The Morgan fingerprint density at radius 3 is 2.68 bits per heavy atom. The zero-order chi connectivity index (χ0) is 19.3. The van der Waals surface area contributed by atoms with E-state index in [9.17, 15) is 0 Å². The van der Waals surface area contributed by atoms with Gasteiger partial charge in [0.2, 0.25) is 11.3 Å². The van der Waals surface area contributed by atoms with Crippen molar-refractivity contribution in [3.63, 3.8) is 0 Å². The van der Waals surface area contributed by atoms with Crippen molar-refractivity contribution < 1.29 is 9.37 Å². The number of piperazine rings is 1. The number of fused-ring (bicyclic) bond motifs is 1. The molecule has 2 aromatic heterocycles. The lowest BCUT2D eigenvalue weighted by Gasteiger charge is -2.41. The lowest BCUT2D eigenvalue weighted by atomic mass is 10.1. The maximum absolute atomic E-state index is 5.13. The summed E-state index contributed by atoms with van der Waals surface area (Å²) in [6, 6.07) is 10.8. The molecule has 1 N–H and O–H groups in total. The summed E-state index contributed by atoms with van der Waals surface area (Å²) in [5, 5.41) is 11.1. The molecular formula is C19H25N7O2. The van der Waals surface area contributed by atoms with Crippen molar-refractivity contribution in [2.75, 3.05) is 55.0 Å². The largest absolute Gasteiger partial charge is 0.385 e. The summed E-state index contributed by atoms with van der Waals surface area (Å²) in [5.74, 6) is 1.50. The second-order valence-corrected chi connectivity index (χ2v) is 6.90. The molecule has 4 rings (SSSR count). The summed E-state index contributed by atoms with van der Waals surface area (Å²) < 4.78 is 9.93. The monoisotopic (exact) mass is 383 g/mol. The molecule has 1 aliphatic rings. The molecule has 0 amide bonds. The van der Waals surface area contributed by atoms with Gasteiger partial charge in [-0.3, -0.25) is 0 Å². The summed E-state index contributed by atoms with van der Waals surface area (Å²) in [4.78, 5) is 13.9. The van der Waals surface area contributed by atoms with E-state index in [1.165, 1.54) is 5.69 Å². The highest BCUT2D eigenvalue weighted by Crippen LogP contribution is 2.28. The fourth-order valence-electron chi connectivity index (χ4n) is 3.52. The van der Waals surface area contributed by atoms with Gasteiger partial charge in [-0.05, 0) is 35.8 Å². The number of methoxy groups -OCH3 is 1. The van der Waals surface area contributed by atoms with Gasteiger partial charge in [0, 0.05) is 51.6 Å². The second-order valence-electron chi connectivity index (χ2n) is 6.90. The van der Waals surface area contributed by atoms with Crippen LogP contribution in [0, 0.1) is 0 Å². The van der Waals surface area contributed by atoms with Crippen LogP contribution in [0.4, 0.5) is 17.3 Å². The Kier molecular flexibility index (Phi) is 5.52. The number of nitrogens with one attached hydrogen (secondary N) is 1. The molecule has 0 bridgehead atoms. The molecular weight excluding hydrogens is 358 g/mol. The topological polar surface area (TPSA) is 92.4 Å². The minimum atomic E-state index is 0.264. The average molecular weight is 383 g/mol. The minimum Gasteiger partial charge on any atom is -0.385 e. The number of aromatic nitrogens is 4. The van der Waals surface area contributed by atoms with E-state index in [0.29, 0.717) is 23.7 Å². The predicted molar refractivity (Wildman–Crippen MR) is 108 cm³/mol. The van der Waals surface area contributed by atoms with Crippen LogP contribution in [-0.4, -0.2) is 66.2 Å². The van der Waals surface area contributed by atoms with Gasteiger partial charge in [0.1, 0.15) is 0 Å². The Morgan fingerprint density at radius 1 is 1.14 bits per heavy atom. The van der Waals surface area contributed by atoms with Crippen molar-refractivity contribution in [1.29, 1.82) is 0 Å². The lowest BCUT2D eigenvalue weighted by molar-refractivity contribution is 0.198. The maximum atomic E-state index is 5.13. The maximum Gasteiger partial charge on any atom is 0.245 e. The van der Waals surface area contributed by atoms with Crippen molar-refractivity contribution in [3.8, 4) is 0 Å². The minimum absolute atomic E-state index is 0.264. The summed E-state index contributed by atoms with van der Waals surface area (Å²) in [6.07, 6.45) is 0.879. The fourth-order valence-corrected chi connectivity index (χ4v) is 3.52. The average Bonchev–Trinajstić information content (AvgIpc) is 3.19. The van der Waals surface area contributed by atoms with Crippen molar-refractivity contribution >= 4 is 28.6 Å². The third kappa shape index (κ3) is 3.84. The van der Waals surface area contributed by atoms with Gasteiger partial charge in [0.15, 0.2) is 11.6 Å². The Morgan fingerprint density at radius 2 is 1.93 bits per heavy atom. The van der Waals surface area contributed by atoms with Gasteiger partial charge in [0.25, 0.3) is 0 Å². The molecule has 148 valence electrons. The number of ether oxygens (including phenoxy) is 1. The summed E-state index contributed by atoms with van der Waals surface area (Å²) in [7, 11) is 1.70. The highest BCUT2D eigenvalue weighted by molar-refractivity contribution is 5.74. The molecule has 1 fully saturated rings. The van der Waals surface area contributed by atoms with Crippen LogP contribution in [-0.2, 0) is 4.74 Å². The molecule has 3 heterocycles. The summed E-state index contributed by atoms with van der Waals surface area (Å²) in [6.45, 7) is 6.30. The van der Waals surface area contributed by atoms with Crippen LogP contribution in [0.15, 0.2) is 35.0 Å². The fraction of sp³-hybridized carbons (Fsp3) is 0.474. The van der Waals surface area contributed by atoms with Crippen LogP contribution in [0.25, 0.3) is 11.3 Å². The highest BCUT2D eigenvalue weighted by Gasteiger charge is 2.28. The highest BCUT2D eigenvalue weighted by atomic mass is 16.6. The first-order valence-electron chi connectivity index (χ1n) is 9.56. The number of anilines is 3. The second kappa shape index (κ2) is 8.39. The van der Waals surface area contributed by atoms with Crippen LogP contribution in [0.2, 0.25) is 0 Å². The first-order valence-corrected chi connectivity index (χ1v) is 9.56. The van der Waals surface area contributed by atoms with Gasteiger partial charge in [-0.2, -0.15) is 0 Å². The van der Waals surface area contributed by atoms with Crippen molar-refractivity contribution in [1.82, 2.24) is 20.3 Å². The van der Waals surface area contributed by atoms with Gasteiger partial charge in [0.05, 0.1) is 0 Å². The molecule has 1 aliphatic heterocycles. The van der Waals surface area contributed by atoms with Crippen molar-refractivity contribution in [2.24, 2.45) is 0 Å². The molecule has 0 aliphatic carbocycles. The zero-order valence-electron chi connectivity index (χ0n) is 16.2. The molecule has 0 saturated carbocycles. The van der Waals surface area contributed by atoms with Crippen LogP contribution < -0.4 is 15.1 Å². The quantitative estimate of drug-likeness (QED) is 0.616. The van der Waals surface area contributed by atoms with E-state index < -0.39 is 0 Å². The molecule has 1 aromatic carbocycles. The van der Waals surface area contributed by atoms with Crippen LogP contribution >= 0.6 is 0 Å². The molecule has 0 spiro atoms. The Balaban J connectivity index is 1.55. The third-order valence-electron chi connectivity index (χ3n) is 4.93. The van der Waals surface area contributed by atoms with Gasteiger partial charge >= 0.3 is 0 Å². The van der Waals surface area contributed by atoms with Crippen LogP contribution in [0.5, 0.6) is 0 Å². The van der Waals surface area contributed by atoms with E-state index in [-0.39, 0.29) is 6.04 Å². The molecule has 1 saturated heterocycles. The molecule has 9 heteroatoms. The van der Waals surface area contributed by atoms with E-state index in [2.05, 4.69) is 66.6 Å². The number of nitrogens with zero attached hydrogens (tertiary/aromatic N) is 6. The van der Waals surface area contributed by atoms with Gasteiger partial charge in [-0.15, -0.1) is 0 Å². The first-order chi connectivity index (χ1) is 13.8. The number of para-hydroxylation sites is 1. The lowest BCUT2D eigenvalue weighted by Crippen LogP contribution is -2.52. The molecule has 28 heavy (non-hydrogen) atoms. The van der Waals surface area contributed by atoms with E-state index in [0.717, 1.165) is 38.4 Å². The predicted octanol–water partition coefficient (Wildman–Crippen LogP) is 2.18. The van der Waals surface area contributed by atoms with Gasteiger partial charge < -0.3 is 19.9 Å². The Labute approximate surface area is 163 Å². The number of benzene rings is 1. The normalized spacial score (nSPS) is 17.3. The Bertz CT molecular complexity index is 902. The van der Waals surface area contributed by atoms with Crippen LogP contribution in [0.1, 0.15) is 13.3 Å². The summed E-state index contributed by atoms with van der Waals surface area (Å²) in [5.41, 5.74) is 2.08. The smallest absolute Gasteiger partial charge is 0.245 e. The summed E-state index contributed by atoms with van der Waals surface area (Å²) >= 11 is 0. The van der Waals surface area contributed by atoms with E-state index in [1.54, 1.807) is 7.11 Å². The van der Waals surface area contributed by atoms with Crippen molar-refractivity contribution in [3.05, 3.63) is 30.3 Å². The number of rotatable bonds is 7. The van der Waals surface area contributed by atoms with E-state index >= 15 is 0 Å². The molecule has 0 radical (unpaired) electrons. The van der Waals surface area contributed by atoms with E-state index in [4.69, 9.17) is 9.37 Å². The number of hydrogen-bond donors (Lipinski definition) is 1. The van der Waals surface area contributed by atoms with Gasteiger partial charge in [-0.25, -0.2) is 14.6 Å². The standard InChI is InChI=1S/C19H25N7O2/c1-14-13-25(15-7-4-3-5-8-15)10-11-26(14)19-18(20-9-6-12-27-2)21-16-17(22-19)24-28-23-16/h3-5,7-8,14H,6,9-13H2,1-2H3,(H,20,21,23)/t14-/m0/s1. The molecule has 9 nitrogen and oxygen atoms in total. The van der Waals surface area contributed by atoms with Crippen LogP contribution in [0.3, 0.4) is 0 Å². The SMILES string of the molecule is COCCCNc1nc2nonc2nc1N1CCN(c2ccccc2)C[C@@H]1C. The first kappa shape index (κ1) is 18.4. The Hall–Kier alpha value is -2.94. The van der Waals surface area contributed by atoms with Gasteiger partial charge in [-0.1, -0.05) is 18.2 Å². The molecule has 1 atom stereocenters. The third-order valence-corrected chi connectivity index (χ3v) is 4.93. The molecule has 3 aromatic rings. The molecule has 0 unspecified atom stereocenters. The van der Waals surface area contributed by atoms with Crippen molar-refractivity contribution in [2.45, 2.75) is 19.4 Å².